The van der Waals surface area contributed by atoms with Gasteiger partial charge in [-0.3, -0.25) is 4.79 Å². The summed E-state index contributed by atoms with van der Waals surface area (Å²) in [6.07, 6.45) is -2.88. The predicted octanol–water partition coefficient (Wildman–Crippen LogP) is 2.44. The number of hydrogen-bond acceptors (Lipinski definition) is 3. The predicted molar refractivity (Wildman–Crippen MR) is 71.7 cm³/mol. The van der Waals surface area contributed by atoms with E-state index in [1.54, 1.807) is 0 Å². The molecule has 1 atom stereocenters. The van der Waals surface area contributed by atoms with Gasteiger partial charge in [0.05, 0.1) is 16.8 Å². The molecule has 1 aliphatic rings. The Balaban J connectivity index is 1.98. The van der Waals surface area contributed by atoms with Crippen LogP contribution in [0.25, 0.3) is 0 Å². The summed E-state index contributed by atoms with van der Waals surface area (Å²) in [6, 6.07) is 3.33. The van der Waals surface area contributed by atoms with Gasteiger partial charge in [-0.05, 0) is 30.9 Å². The number of nitrogens with two attached hydrogens (primary N) is 1. The number of para-hydroxylation sites is 1. The number of nitrogens with one attached hydrogen (secondary N) is 1. The van der Waals surface area contributed by atoms with Crippen molar-refractivity contribution in [2.24, 2.45) is 5.92 Å². The number of rotatable bonds is 4. The van der Waals surface area contributed by atoms with Crippen LogP contribution in [0, 0.1) is 5.92 Å². The van der Waals surface area contributed by atoms with Crippen LogP contribution in [-0.2, 0) is 10.9 Å². The molecule has 0 aromatic heterocycles. The van der Waals surface area contributed by atoms with Gasteiger partial charge in [0, 0.05) is 19.8 Å². The van der Waals surface area contributed by atoms with Crippen LogP contribution in [0.15, 0.2) is 18.2 Å². The van der Waals surface area contributed by atoms with E-state index in [1.165, 1.54) is 12.1 Å². The minimum atomic E-state index is -4.57. The van der Waals surface area contributed by atoms with Crippen LogP contribution in [0.5, 0.6) is 0 Å². The van der Waals surface area contributed by atoms with Crippen LogP contribution in [0.1, 0.15) is 28.8 Å². The molecule has 1 amide bonds. The van der Waals surface area contributed by atoms with Crippen molar-refractivity contribution < 1.29 is 22.7 Å². The summed E-state index contributed by atoms with van der Waals surface area (Å²) in [4.78, 5) is 11.9. The lowest BCUT2D eigenvalue weighted by atomic mass is 10.0. The quantitative estimate of drug-likeness (QED) is 0.840. The van der Waals surface area contributed by atoms with Crippen LogP contribution in [0.3, 0.4) is 0 Å². The third kappa shape index (κ3) is 3.87. The average Bonchev–Trinajstić information content (AvgIpc) is 2.90. The summed E-state index contributed by atoms with van der Waals surface area (Å²) >= 11 is 0. The van der Waals surface area contributed by atoms with Crippen molar-refractivity contribution in [3.63, 3.8) is 0 Å². The summed E-state index contributed by atoms with van der Waals surface area (Å²) < 4.78 is 43.4. The normalized spacial score (nSPS) is 18.7. The van der Waals surface area contributed by atoms with Crippen molar-refractivity contribution in [2.75, 3.05) is 25.5 Å². The van der Waals surface area contributed by atoms with Crippen LogP contribution in [0.2, 0.25) is 0 Å². The van der Waals surface area contributed by atoms with Gasteiger partial charge in [0.15, 0.2) is 0 Å². The lowest BCUT2D eigenvalue weighted by Crippen LogP contribution is -2.27. The second-order valence-corrected chi connectivity index (χ2v) is 5.04. The summed E-state index contributed by atoms with van der Waals surface area (Å²) in [5.41, 5.74) is 3.80. The monoisotopic (exact) mass is 302 g/mol. The van der Waals surface area contributed by atoms with Gasteiger partial charge in [-0.15, -0.1) is 0 Å². The van der Waals surface area contributed by atoms with Crippen molar-refractivity contribution in [1.29, 1.82) is 0 Å². The van der Waals surface area contributed by atoms with Crippen LogP contribution < -0.4 is 11.1 Å². The molecule has 0 spiro atoms. The molecule has 0 bridgehead atoms. The molecular weight excluding hydrogens is 285 g/mol. The molecule has 2 rings (SSSR count). The van der Waals surface area contributed by atoms with E-state index in [0.29, 0.717) is 19.1 Å². The molecular formula is C14H17F3N2O2. The molecule has 0 saturated carbocycles. The molecule has 1 saturated heterocycles. The first kappa shape index (κ1) is 15.6. The number of carbonyl (C=O) groups is 1. The first-order valence-corrected chi connectivity index (χ1v) is 6.71. The first-order chi connectivity index (χ1) is 9.89. The topological polar surface area (TPSA) is 64.4 Å². The van der Waals surface area contributed by atoms with Crippen molar-refractivity contribution in [2.45, 2.75) is 19.0 Å². The maximum absolute atomic E-state index is 12.7. The summed E-state index contributed by atoms with van der Waals surface area (Å²) in [5.74, 6) is -0.193. The van der Waals surface area contributed by atoms with E-state index in [0.717, 1.165) is 25.5 Å². The highest BCUT2D eigenvalue weighted by molar-refractivity contribution is 5.99. The Bertz CT molecular complexity index is 511. The second-order valence-electron chi connectivity index (χ2n) is 5.04. The van der Waals surface area contributed by atoms with E-state index in [2.05, 4.69) is 5.32 Å². The van der Waals surface area contributed by atoms with E-state index >= 15 is 0 Å². The van der Waals surface area contributed by atoms with Gasteiger partial charge >= 0.3 is 6.18 Å². The average molecular weight is 302 g/mol. The minimum Gasteiger partial charge on any atom is -0.398 e. The lowest BCUT2D eigenvalue weighted by molar-refractivity contribution is -0.136. The van der Waals surface area contributed by atoms with Crippen LogP contribution in [0.4, 0.5) is 18.9 Å². The highest BCUT2D eigenvalue weighted by Gasteiger charge is 2.34. The molecule has 1 heterocycles. The number of amides is 1. The second kappa shape index (κ2) is 6.34. The molecule has 4 nitrogen and oxygen atoms in total. The zero-order valence-corrected chi connectivity index (χ0v) is 11.4. The van der Waals surface area contributed by atoms with Gasteiger partial charge in [-0.25, -0.2) is 0 Å². The van der Waals surface area contributed by atoms with Crippen molar-refractivity contribution in [3.8, 4) is 0 Å². The van der Waals surface area contributed by atoms with Crippen molar-refractivity contribution >= 4 is 11.6 Å². The maximum atomic E-state index is 12.7. The Labute approximate surface area is 120 Å². The Morgan fingerprint density at radius 2 is 2.19 bits per heavy atom. The third-order valence-electron chi connectivity index (χ3n) is 3.52. The zero-order chi connectivity index (χ0) is 15.5. The summed E-state index contributed by atoms with van der Waals surface area (Å²) in [6.45, 7) is 1.78. The van der Waals surface area contributed by atoms with E-state index in [1.807, 2.05) is 0 Å². The van der Waals surface area contributed by atoms with Crippen LogP contribution in [-0.4, -0.2) is 25.7 Å². The fourth-order valence-corrected chi connectivity index (χ4v) is 2.31. The molecule has 21 heavy (non-hydrogen) atoms. The number of hydrogen-bond donors (Lipinski definition) is 2. The number of halogens is 3. The minimum absolute atomic E-state index is 0.146. The lowest BCUT2D eigenvalue weighted by Gasteiger charge is -2.14. The molecule has 116 valence electrons. The Morgan fingerprint density at radius 3 is 2.81 bits per heavy atom. The molecule has 1 aliphatic heterocycles. The molecule has 0 radical (unpaired) electrons. The fraction of sp³-hybridized carbons (Fsp3) is 0.500. The molecule has 1 aromatic carbocycles. The molecule has 3 N–H and O–H groups in total. The molecule has 1 aromatic rings. The molecule has 0 aliphatic carbocycles. The van der Waals surface area contributed by atoms with Gasteiger partial charge < -0.3 is 15.8 Å². The van der Waals surface area contributed by atoms with Gasteiger partial charge in [0.1, 0.15) is 0 Å². The number of benzene rings is 1. The summed E-state index contributed by atoms with van der Waals surface area (Å²) in [5, 5.41) is 2.60. The van der Waals surface area contributed by atoms with Crippen molar-refractivity contribution in [3.05, 3.63) is 29.3 Å². The highest BCUT2D eigenvalue weighted by atomic mass is 19.4. The van der Waals surface area contributed by atoms with Gasteiger partial charge in [0.25, 0.3) is 5.91 Å². The molecule has 1 fully saturated rings. The van der Waals surface area contributed by atoms with E-state index in [9.17, 15) is 18.0 Å². The van der Waals surface area contributed by atoms with E-state index < -0.39 is 23.3 Å². The number of anilines is 1. The zero-order valence-electron chi connectivity index (χ0n) is 11.4. The van der Waals surface area contributed by atoms with Gasteiger partial charge in [0.2, 0.25) is 0 Å². The molecule has 1 unspecified atom stereocenters. The maximum Gasteiger partial charge on any atom is 0.418 e. The smallest absolute Gasteiger partial charge is 0.398 e. The Hall–Kier alpha value is -1.76. The van der Waals surface area contributed by atoms with Crippen molar-refractivity contribution in [1.82, 2.24) is 5.32 Å². The number of carbonyl (C=O) groups excluding carboxylic acids is 1. The van der Waals surface area contributed by atoms with E-state index in [-0.39, 0.29) is 5.56 Å². The molecule has 7 heteroatoms. The first-order valence-electron chi connectivity index (χ1n) is 6.71. The van der Waals surface area contributed by atoms with Gasteiger partial charge in [-0.1, -0.05) is 6.07 Å². The number of ether oxygens (including phenoxy) is 1. The SMILES string of the molecule is Nc1c(C(=O)NCCC2CCOC2)cccc1C(F)(F)F. The fourth-order valence-electron chi connectivity index (χ4n) is 2.31. The number of alkyl halides is 3. The third-order valence-corrected chi connectivity index (χ3v) is 3.52. The summed E-state index contributed by atoms with van der Waals surface area (Å²) in [7, 11) is 0. The highest BCUT2D eigenvalue weighted by Crippen LogP contribution is 2.34. The Kier molecular flexibility index (Phi) is 4.72. The standard InChI is InChI=1S/C14H17F3N2O2/c15-14(16,17)11-3-1-2-10(12(11)18)13(20)19-6-4-9-5-7-21-8-9/h1-3,9H,4-8,18H2,(H,19,20). The Morgan fingerprint density at radius 1 is 1.43 bits per heavy atom. The van der Waals surface area contributed by atoms with Crippen LogP contribution >= 0.6 is 0 Å². The van der Waals surface area contributed by atoms with E-state index in [4.69, 9.17) is 10.5 Å². The van der Waals surface area contributed by atoms with Gasteiger partial charge in [-0.2, -0.15) is 13.2 Å². The largest absolute Gasteiger partial charge is 0.418 e. The number of nitrogen functional groups attached to an aromatic ring is 1.